The fourth-order valence-corrected chi connectivity index (χ4v) is 2.98. The molecular weight excluding hydrogens is 334 g/mol. The second kappa shape index (κ2) is 7.61. The van der Waals surface area contributed by atoms with Gasteiger partial charge in [-0.2, -0.15) is 0 Å². The average molecular weight is 355 g/mol. The van der Waals surface area contributed by atoms with Crippen LogP contribution in [0.4, 0.5) is 5.82 Å². The molecule has 7 nitrogen and oxygen atoms in total. The highest BCUT2D eigenvalue weighted by Gasteiger charge is 2.14. The van der Waals surface area contributed by atoms with E-state index in [-0.39, 0.29) is 5.91 Å². The molecule has 0 atom stereocenters. The first kappa shape index (κ1) is 16.7. The first-order valence-corrected chi connectivity index (χ1v) is 8.75. The van der Waals surface area contributed by atoms with Crippen LogP contribution in [0.2, 0.25) is 0 Å². The van der Waals surface area contributed by atoms with Gasteiger partial charge in [-0.05, 0) is 29.8 Å². The third-order valence-corrected chi connectivity index (χ3v) is 4.40. The number of nitrogens with one attached hydrogen (secondary N) is 1. The molecule has 2 aliphatic heterocycles. The minimum atomic E-state index is -0.152. The van der Waals surface area contributed by atoms with E-state index in [4.69, 9.17) is 14.2 Å². The van der Waals surface area contributed by atoms with Crippen LogP contribution in [-0.2, 0) is 11.3 Å². The summed E-state index contributed by atoms with van der Waals surface area (Å²) in [4.78, 5) is 18.9. The lowest BCUT2D eigenvalue weighted by molar-refractivity contribution is 0.0950. The van der Waals surface area contributed by atoms with Crippen LogP contribution >= 0.6 is 0 Å². The molecule has 1 saturated heterocycles. The minimum Gasteiger partial charge on any atom is -0.486 e. The fraction of sp³-hybridized carbons (Fsp3) is 0.368. The number of hydrogen-bond donors (Lipinski definition) is 1. The molecule has 7 heteroatoms. The molecule has 1 N–H and O–H groups in total. The quantitative estimate of drug-likeness (QED) is 0.899. The van der Waals surface area contributed by atoms with E-state index in [9.17, 15) is 4.79 Å². The number of anilines is 1. The van der Waals surface area contributed by atoms with Crippen LogP contribution in [0.5, 0.6) is 11.5 Å². The Morgan fingerprint density at radius 2 is 1.85 bits per heavy atom. The van der Waals surface area contributed by atoms with E-state index in [1.807, 2.05) is 24.3 Å². The van der Waals surface area contributed by atoms with Crippen LogP contribution in [-0.4, -0.2) is 50.4 Å². The highest BCUT2D eigenvalue weighted by molar-refractivity contribution is 5.94. The highest BCUT2D eigenvalue weighted by Crippen LogP contribution is 2.30. The monoisotopic (exact) mass is 355 g/mol. The Labute approximate surface area is 151 Å². The number of morpholine rings is 1. The zero-order valence-electron chi connectivity index (χ0n) is 14.4. The molecule has 0 unspecified atom stereocenters. The van der Waals surface area contributed by atoms with E-state index >= 15 is 0 Å². The highest BCUT2D eigenvalue weighted by atomic mass is 16.6. The van der Waals surface area contributed by atoms with Crippen molar-refractivity contribution < 1.29 is 19.0 Å². The van der Waals surface area contributed by atoms with E-state index in [1.165, 1.54) is 0 Å². The van der Waals surface area contributed by atoms with Gasteiger partial charge in [-0.1, -0.05) is 6.07 Å². The van der Waals surface area contributed by atoms with Crippen LogP contribution in [0.1, 0.15) is 15.9 Å². The Kier molecular flexibility index (Phi) is 4.88. The number of benzene rings is 1. The van der Waals surface area contributed by atoms with Crippen molar-refractivity contribution in [1.29, 1.82) is 0 Å². The maximum atomic E-state index is 12.4. The first-order valence-electron chi connectivity index (χ1n) is 8.75. The predicted octanol–water partition coefficient (Wildman–Crippen LogP) is 1.62. The largest absolute Gasteiger partial charge is 0.486 e. The Bertz CT molecular complexity index is 773. The van der Waals surface area contributed by atoms with Gasteiger partial charge in [0.25, 0.3) is 5.91 Å². The van der Waals surface area contributed by atoms with Gasteiger partial charge in [-0.15, -0.1) is 0 Å². The molecular formula is C19H21N3O4. The summed E-state index contributed by atoms with van der Waals surface area (Å²) in [5.74, 6) is 2.19. The van der Waals surface area contributed by atoms with Crippen molar-refractivity contribution in [3.05, 3.63) is 47.7 Å². The summed E-state index contributed by atoms with van der Waals surface area (Å²) in [5.41, 5.74) is 1.50. The number of ether oxygens (including phenoxy) is 3. The molecule has 1 amide bonds. The lowest BCUT2D eigenvalue weighted by Crippen LogP contribution is -2.36. The van der Waals surface area contributed by atoms with E-state index in [2.05, 4.69) is 15.2 Å². The molecule has 0 aliphatic carbocycles. The number of carbonyl (C=O) groups is 1. The van der Waals surface area contributed by atoms with Crippen molar-refractivity contribution in [2.75, 3.05) is 44.4 Å². The molecule has 1 aromatic heterocycles. The molecule has 4 rings (SSSR count). The van der Waals surface area contributed by atoms with Gasteiger partial charge in [0, 0.05) is 25.8 Å². The molecule has 0 spiro atoms. The fourth-order valence-electron chi connectivity index (χ4n) is 2.98. The summed E-state index contributed by atoms with van der Waals surface area (Å²) in [6.45, 7) is 4.59. The van der Waals surface area contributed by atoms with Crippen molar-refractivity contribution in [3.63, 3.8) is 0 Å². The predicted molar refractivity (Wildman–Crippen MR) is 95.9 cm³/mol. The van der Waals surface area contributed by atoms with Crippen molar-refractivity contribution in [3.8, 4) is 11.5 Å². The van der Waals surface area contributed by atoms with Gasteiger partial charge in [0.1, 0.15) is 19.0 Å². The van der Waals surface area contributed by atoms with Crippen molar-refractivity contribution >= 4 is 11.7 Å². The van der Waals surface area contributed by atoms with Crippen LogP contribution in [0, 0.1) is 0 Å². The van der Waals surface area contributed by atoms with E-state index in [0.717, 1.165) is 36.0 Å². The van der Waals surface area contributed by atoms with Gasteiger partial charge >= 0.3 is 0 Å². The van der Waals surface area contributed by atoms with Crippen LogP contribution < -0.4 is 19.7 Å². The number of nitrogens with zero attached hydrogens (tertiary/aromatic N) is 2. The van der Waals surface area contributed by atoms with Gasteiger partial charge in [0.2, 0.25) is 0 Å². The molecule has 1 fully saturated rings. The number of aromatic nitrogens is 1. The molecule has 2 aliphatic rings. The van der Waals surface area contributed by atoms with E-state index in [1.54, 1.807) is 12.3 Å². The lowest BCUT2D eigenvalue weighted by atomic mass is 10.2. The molecule has 3 heterocycles. The Morgan fingerprint density at radius 3 is 2.62 bits per heavy atom. The van der Waals surface area contributed by atoms with E-state index in [0.29, 0.717) is 38.5 Å². The Morgan fingerprint density at radius 1 is 1.04 bits per heavy atom. The second-order valence-electron chi connectivity index (χ2n) is 6.17. The smallest absolute Gasteiger partial charge is 0.253 e. The van der Waals surface area contributed by atoms with Crippen LogP contribution in [0.25, 0.3) is 0 Å². The summed E-state index contributed by atoms with van der Waals surface area (Å²) in [5, 5.41) is 2.91. The number of pyridine rings is 1. The van der Waals surface area contributed by atoms with E-state index < -0.39 is 0 Å². The molecule has 136 valence electrons. The summed E-state index contributed by atoms with van der Waals surface area (Å²) < 4.78 is 16.4. The molecule has 26 heavy (non-hydrogen) atoms. The third kappa shape index (κ3) is 3.72. The number of rotatable bonds is 4. The summed E-state index contributed by atoms with van der Waals surface area (Å²) in [6.07, 6.45) is 1.62. The van der Waals surface area contributed by atoms with Gasteiger partial charge in [0.05, 0.1) is 18.8 Å². The SMILES string of the molecule is O=C(NCc1ccc2c(c1)OCCO2)c1ccc(N2CCOCC2)nc1. The first-order chi connectivity index (χ1) is 12.8. The van der Waals surface area contributed by atoms with Crippen molar-refractivity contribution in [1.82, 2.24) is 10.3 Å². The number of amides is 1. The number of fused-ring (bicyclic) bond motifs is 1. The summed E-state index contributed by atoms with van der Waals surface area (Å²) in [7, 11) is 0. The summed E-state index contributed by atoms with van der Waals surface area (Å²) in [6, 6.07) is 9.37. The zero-order chi connectivity index (χ0) is 17.8. The lowest BCUT2D eigenvalue weighted by Gasteiger charge is -2.27. The number of carbonyl (C=O) groups excluding carboxylic acids is 1. The van der Waals surface area contributed by atoms with Gasteiger partial charge in [-0.3, -0.25) is 4.79 Å². The second-order valence-corrected chi connectivity index (χ2v) is 6.17. The Hall–Kier alpha value is -2.80. The maximum absolute atomic E-state index is 12.4. The maximum Gasteiger partial charge on any atom is 0.253 e. The van der Waals surface area contributed by atoms with Gasteiger partial charge in [-0.25, -0.2) is 4.98 Å². The molecule has 0 saturated carbocycles. The van der Waals surface area contributed by atoms with Gasteiger partial charge in [0.15, 0.2) is 11.5 Å². The van der Waals surface area contributed by atoms with Crippen LogP contribution in [0.3, 0.4) is 0 Å². The average Bonchev–Trinajstić information content (AvgIpc) is 2.72. The van der Waals surface area contributed by atoms with Gasteiger partial charge < -0.3 is 24.4 Å². The molecule has 1 aromatic carbocycles. The molecule has 0 bridgehead atoms. The minimum absolute atomic E-state index is 0.152. The Balaban J connectivity index is 1.36. The summed E-state index contributed by atoms with van der Waals surface area (Å²) >= 11 is 0. The zero-order valence-corrected chi connectivity index (χ0v) is 14.4. The standard InChI is InChI=1S/C19H21N3O4/c23-19(15-2-4-18(20-13-15)22-5-7-24-8-6-22)21-12-14-1-3-16-17(11-14)26-10-9-25-16/h1-4,11,13H,5-10,12H2,(H,21,23). The topological polar surface area (TPSA) is 72.9 Å². The normalized spacial score (nSPS) is 16.2. The van der Waals surface area contributed by atoms with Crippen molar-refractivity contribution in [2.45, 2.75) is 6.54 Å². The third-order valence-electron chi connectivity index (χ3n) is 4.40. The number of hydrogen-bond acceptors (Lipinski definition) is 6. The van der Waals surface area contributed by atoms with Crippen LogP contribution in [0.15, 0.2) is 36.5 Å². The molecule has 0 radical (unpaired) electrons. The van der Waals surface area contributed by atoms with Crippen molar-refractivity contribution in [2.24, 2.45) is 0 Å². The molecule has 2 aromatic rings.